The quantitative estimate of drug-likeness (QED) is 0.827. The van der Waals surface area contributed by atoms with Gasteiger partial charge in [-0.2, -0.15) is 13.2 Å². The lowest BCUT2D eigenvalue weighted by atomic mass is 10.5. The summed E-state index contributed by atoms with van der Waals surface area (Å²) in [5, 5.41) is 9.91. The normalized spacial score (nSPS) is 11.6. The van der Waals surface area contributed by atoms with Crippen molar-refractivity contribution in [1.29, 1.82) is 0 Å². The minimum atomic E-state index is -4.23. The number of hydrogen-bond donors (Lipinski definition) is 1. The van der Waals surface area contributed by atoms with Gasteiger partial charge in [0.05, 0.1) is 5.75 Å². The van der Waals surface area contributed by atoms with Crippen LogP contribution in [0.25, 0.3) is 0 Å². The van der Waals surface area contributed by atoms with Crippen molar-refractivity contribution >= 4 is 29.1 Å². The fraction of sp³-hybridized carbons (Fsp3) is 0.286. The molecule has 7 heteroatoms. The van der Waals surface area contributed by atoms with E-state index in [1.54, 1.807) is 0 Å². The molecule has 0 unspecified atom stereocenters. The molecule has 0 atom stereocenters. The molecule has 2 nitrogen and oxygen atoms in total. The Morgan fingerprint density at radius 2 is 2.21 bits per heavy atom. The van der Waals surface area contributed by atoms with Gasteiger partial charge in [-0.1, -0.05) is 0 Å². The fourth-order valence-corrected chi connectivity index (χ4v) is 2.30. The third-order valence-corrected chi connectivity index (χ3v) is 3.30. The average Bonchev–Trinajstić information content (AvgIpc) is 2.47. The van der Waals surface area contributed by atoms with Gasteiger partial charge in [-0.25, -0.2) is 4.79 Å². The number of hydrogen-bond acceptors (Lipinski definition) is 3. The second-order valence-corrected chi connectivity index (χ2v) is 4.32. The maximum atomic E-state index is 11.8. The van der Waals surface area contributed by atoms with Crippen molar-refractivity contribution < 1.29 is 23.1 Å². The standard InChI is InChI=1S/C7H5F3O2S2/c8-7(9,10)3-14-4-1-5(6(11)12)13-2-4/h1-2H,3H2,(H,11,12). The lowest BCUT2D eigenvalue weighted by Crippen LogP contribution is -2.10. The zero-order valence-corrected chi connectivity index (χ0v) is 8.30. The molecule has 0 saturated heterocycles. The summed E-state index contributed by atoms with van der Waals surface area (Å²) in [7, 11) is 0. The van der Waals surface area contributed by atoms with Crippen LogP contribution in [-0.4, -0.2) is 23.0 Å². The van der Waals surface area contributed by atoms with E-state index in [0.29, 0.717) is 16.7 Å². The Balaban J connectivity index is 2.56. The van der Waals surface area contributed by atoms with Gasteiger partial charge in [-0.3, -0.25) is 0 Å². The number of carbonyl (C=O) groups is 1. The monoisotopic (exact) mass is 242 g/mol. The molecule has 0 amide bonds. The van der Waals surface area contributed by atoms with Crippen LogP contribution in [0.1, 0.15) is 9.67 Å². The Bertz CT molecular complexity index is 332. The van der Waals surface area contributed by atoms with Gasteiger partial charge in [0.1, 0.15) is 4.88 Å². The highest BCUT2D eigenvalue weighted by atomic mass is 32.2. The molecule has 0 aromatic carbocycles. The van der Waals surface area contributed by atoms with Crippen LogP contribution in [0, 0.1) is 0 Å². The molecule has 1 rings (SSSR count). The molecule has 0 fully saturated rings. The maximum absolute atomic E-state index is 11.8. The average molecular weight is 242 g/mol. The molecule has 0 spiro atoms. The van der Waals surface area contributed by atoms with Crippen LogP contribution in [0.5, 0.6) is 0 Å². The number of thiophene rings is 1. The molecule has 1 N–H and O–H groups in total. The molecule has 0 aliphatic heterocycles. The van der Waals surface area contributed by atoms with E-state index >= 15 is 0 Å². The summed E-state index contributed by atoms with van der Waals surface area (Å²) in [6, 6.07) is 1.24. The van der Waals surface area contributed by atoms with Gasteiger partial charge in [-0.15, -0.1) is 23.1 Å². The first-order valence-electron chi connectivity index (χ1n) is 3.40. The van der Waals surface area contributed by atoms with E-state index in [2.05, 4.69) is 0 Å². The number of aromatic carboxylic acids is 1. The van der Waals surface area contributed by atoms with Crippen LogP contribution in [0.3, 0.4) is 0 Å². The number of carboxylic acids is 1. The van der Waals surface area contributed by atoms with E-state index in [-0.39, 0.29) is 4.88 Å². The zero-order valence-electron chi connectivity index (χ0n) is 6.67. The van der Waals surface area contributed by atoms with Crippen LogP contribution in [-0.2, 0) is 0 Å². The first-order valence-corrected chi connectivity index (χ1v) is 5.26. The number of thioether (sulfide) groups is 1. The second-order valence-electron chi connectivity index (χ2n) is 2.36. The summed E-state index contributed by atoms with van der Waals surface area (Å²) in [6.45, 7) is 0. The predicted molar refractivity (Wildman–Crippen MR) is 48.1 cm³/mol. The van der Waals surface area contributed by atoms with Crippen molar-refractivity contribution in [2.75, 3.05) is 5.75 Å². The molecule has 1 heterocycles. The fourth-order valence-electron chi connectivity index (χ4n) is 0.672. The summed E-state index contributed by atoms with van der Waals surface area (Å²) >= 11 is 1.51. The van der Waals surface area contributed by atoms with E-state index in [1.165, 1.54) is 11.4 Å². The van der Waals surface area contributed by atoms with E-state index in [0.717, 1.165) is 11.3 Å². The van der Waals surface area contributed by atoms with Gasteiger partial charge in [0.25, 0.3) is 0 Å². The summed E-state index contributed by atoms with van der Waals surface area (Å²) in [6.07, 6.45) is -4.23. The van der Waals surface area contributed by atoms with Crippen molar-refractivity contribution in [2.45, 2.75) is 11.1 Å². The second kappa shape index (κ2) is 4.22. The molecule has 1 aromatic rings. The van der Waals surface area contributed by atoms with Crippen molar-refractivity contribution in [1.82, 2.24) is 0 Å². The highest BCUT2D eigenvalue weighted by Crippen LogP contribution is 2.30. The van der Waals surface area contributed by atoms with Gasteiger partial charge in [0.15, 0.2) is 0 Å². The minimum Gasteiger partial charge on any atom is -0.477 e. The molecular weight excluding hydrogens is 237 g/mol. The smallest absolute Gasteiger partial charge is 0.398 e. The molecule has 1 aromatic heterocycles. The maximum Gasteiger partial charge on any atom is 0.398 e. The van der Waals surface area contributed by atoms with Gasteiger partial charge >= 0.3 is 12.1 Å². The lowest BCUT2D eigenvalue weighted by molar-refractivity contribution is -0.105. The summed E-state index contributed by atoms with van der Waals surface area (Å²) in [4.78, 5) is 10.8. The first-order chi connectivity index (χ1) is 6.38. The molecule has 0 saturated carbocycles. The van der Waals surface area contributed by atoms with Crippen LogP contribution in [0.4, 0.5) is 13.2 Å². The highest BCUT2D eigenvalue weighted by Gasteiger charge is 2.27. The number of alkyl halides is 3. The van der Waals surface area contributed by atoms with Crippen LogP contribution in [0.2, 0.25) is 0 Å². The molecule has 0 bridgehead atoms. The van der Waals surface area contributed by atoms with E-state index in [1.807, 2.05) is 0 Å². The van der Waals surface area contributed by atoms with Crippen molar-refractivity contribution in [3.05, 3.63) is 16.3 Å². The molecule has 14 heavy (non-hydrogen) atoms. The van der Waals surface area contributed by atoms with Gasteiger partial charge in [-0.05, 0) is 6.07 Å². The molecular formula is C7H5F3O2S2. The van der Waals surface area contributed by atoms with Gasteiger partial charge in [0, 0.05) is 10.3 Å². The van der Waals surface area contributed by atoms with E-state index in [4.69, 9.17) is 5.11 Å². The number of halogens is 3. The topological polar surface area (TPSA) is 37.3 Å². The lowest BCUT2D eigenvalue weighted by Gasteiger charge is -2.03. The Labute approximate surface area is 85.7 Å². The Morgan fingerprint density at radius 3 is 2.64 bits per heavy atom. The van der Waals surface area contributed by atoms with E-state index < -0.39 is 17.9 Å². The summed E-state index contributed by atoms with van der Waals surface area (Å²) in [5.74, 6) is -2.11. The van der Waals surface area contributed by atoms with E-state index in [9.17, 15) is 18.0 Å². The first kappa shape index (κ1) is 11.4. The number of carboxylic acid groups (broad SMARTS) is 1. The summed E-state index contributed by atoms with van der Waals surface area (Å²) < 4.78 is 35.3. The predicted octanol–water partition coefficient (Wildman–Crippen LogP) is 3.10. The van der Waals surface area contributed by atoms with Crippen LogP contribution >= 0.6 is 23.1 Å². The third kappa shape index (κ3) is 3.59. The SMILES string of the molecule is O=C(O)c1cc(SCC(F)(F)F)cs1. The largest absolute Gasteiger partial charge is 0.477 e. The molecule has 0 radical (unpaired) electrons. The number of rotatable bonds is 3. The van der Waals surface area contributed by atoms with Gasteiger partial charge < -0.3 is 5.11 Å². The van der Waals surface area contributed by atoms with Crippen molar-refractivity contribution in [3.8, 4) is 0 Å². The Hall–Kier alpha value is -0.690. The van der Waals surface area contributed by atoms with Gasteiger partial charge in [0.2, 0.25) is 0 Å². The van der Waals surface area contributed by atoms with Crippen LogP contribution < -0.4 is 0 Å². The van der Waals surface area contributed by atoms with Crippen molar-refractivity contribution in [2.24, 2.45) is 0 Å². The van der Waals surface area contributed by atoms with Crippen LogP contribution in [0.15, 0.2) is 16.3 Å². The highest BCUT2D eigenvalue weighted by molar-refractivity contribution is 7.99. The van der Waals surface area contributed by atoms with Crippen molar-refractivity contribution in [3.63, 3.8) is 0 Å². The Kier molecular flexibility index (Phi) is 3.43. The molecule has 0 aliphatic rings. The minimum absolute atomic E-state index is 0.0506. The zero-order chi connectivity index (χ0) is 10.8. The third-order valence-electron chi connectivity index (χ3n) is 1.19. The molecule has 0 aliphatic carbocycles. The Morgan fingerprint density at radius 1 is 1.57 bits per heavy atom. The molecule has 78 valence electrons. The summed E-state index contributed by atoms with van der Waals surface area (Å²) in [5.41, 5.74) is 0.